The maximum absolute atomic E-state index is 13.3. The molecule has 2 aromatic rings. The van der Waals surface area contributed by atoms with Crippen LogP contribution in [0.1, 0.15) is 18.9 Å². The van der Waals surface area contributed by atoms with Crippen molar-refractivity contribution < 1.29 is 27.8 Å². The summed E-state index contributed by atoms with van der Waals surface area (Å²) in [6.07, 6.45) is 0.870. The third-order valence-corrected chi connectivity index (χ3v) is 7.78. The molecule has 1 saturated heterocycles. The number of phenolic OH excluding ortho intramolecular Hbond substituents is 1. The minimum atomic E-state index is -3.81. The molecule has 0 spiro atoms. The molecule has 1 N–H and O–H groups in total. The first-order valence-corrected chi connectivity index (χ1v) is 12.7. The zero-order valence-corrected chi connectivity index (χ0v) is 20.8. The van der Waals surface area contributed by atoms with Crippen molar-refractivity contribution in [1.29, 1.82) is 0 Å². The molecule has 0 aromatic heterocycles. The summed E-state index contributed by atoms with van der Waals surface area (Å²) in [4.78, 5) is 16.7. The molecule has 1 aliphatic heterocycles. The second-order valence-corrected chi connectivity index (χ2v) is 10.0. The van der Waals surface area contributed by atoms with Gasteiger partial charge < -0.3 is 19.5 Å². The van der Waals surface area contributed by atoms with Gasteiger partial charge in [-0.2, -0.15) is 4.31 Å². The number of phenols is 1. The van der Waals surface area contributed by atoms with Gasteiger partial charge in [-0.15, -0.1) is 0 Å². The van der Waals surface area contributed by atoms with Gasteiger partial charge in [-0.05, 0) is 31.2 Å². The lowest BCUT2D eigenvalue weighted by Gasteiger charge is -2.35. The van der Waals surface area contributed by atoms with Crippen LogP contribution in [-0.4, -0.2) is 87.0 Å². The number of ether oxygens (including phenoxy) is 2. The largest absolute Gasteiger partial charge is 0.508 e. The van der Waals surface area contributed by atoms with Crippen LogP contribution >= 0.6 is 0 Å². The molecule has 0 bridgehead atoms. The maximum Gasteiger partial charge on any atom is 0.247 e. The number of nitrogens with zero attached hydrogens (tertiary/aromatic N) is 3. The first kappa shape index (κ1) is 25.8. The highest BCUT2D eigenvalue weighted by Gasteiger charge is 2.32. The van der Waals surface area contributed by atoms with Crippen molar-refractivity contribution in [1.82, 2.24) is 14.1 Å². The summed E-state index contributed by atoms with van der Waals surface area (Å²) in [7, 11) is -0.910. The maximum atomic E-state index is 13.3. The SMILES string of the molecule is CCCN(CC(=O)N1CCN(S(=O)(=O)c2cc(OC)ccc2OC)CC1)Cc1ccccc1O. The van der Waals surface area contributed by atoms with Crippen LogP contribution in [0.2, 0.25) is 0 Å². The van der Waals surface area contributed by atoms with Gasteiger partial charge in [-0.25, -0.2) is 8.42 Å². The number of carbonyl (C=O) groups excluding carboxylic acids is 1. The lowest BCUT2D eigenvalue weighted by atomic mass is 10.2. The quantitative estimate of drug-likeness (QED) is 0.544. The molecule has 1 fully saturated rings. The highest BCUT2D eigenvalue weighted by atomic mass is 32.2. The number of para-hydroxylation sites is 1. The van der Waals surface area contributed by atoms with Crippen LogP contribution in [0.5, 0.6) is 17.2 Å². The van der Waals surface area contributed by atoms with Gasteiger partial charge in [-0.1, -0.05) is 25.1 Å². The highest BCUT2D eigenvalue weighted by Crippen LogP contribution is 2.31. The van der Waals surface area contributed by atoms with Gasteiger partial charge in [0.2, 0.25) is 15.9 Å². The molecular formula is C24H33N3O6S. The van der Waals surface area contributed by atoms with Crippen LogP contribution in [0.15, 0.2) is 47.4 Å². The standard InChI is InChI=1S/C24H33N3O6S/c1-4-11-25(17-19-7-5-6-8-21(19)28)18-24(29)26-12-14-27(15-13-26)34(30,31)23-16-20(32-2)9-10-22(23)33-3/h5-10,16,28H,4,11-15,17-18H2,1-3H3. The van der Waals surface area contributed by atoms with Gasteiger partial charge in [-0.3, -0.25) is 9.69 Å². The third-order valence-electron chi connectivity index (χ3n) is 5.86. The van der Waals surface area contributed by atoms with Crippen molar-refractivity contribution in [3.63, 3.8) is 0 Å². The molecule has 1 aliphatic rings. The summed E-state index contributed by atoms with van der Waals surface area (Å²) in [5, 5.41) is 10.1. The van der Waals surface area contributed by atoms with Crippen LogP contribution in [0.3, 0.4) is 0 Å². The Hall–Kier alpha value is -2.82. The summed E-state index contributed by atoms with van der Waals surface area (Å²) in [6.45, 7) is 4.43. The third kappa shape index (κ3) is 5.99. The molecule has 0 radical (unpaired) electrons. The smallest absolute Gasteiger partial charge is 0.247 e. The first-order chi connectivity index (χ1) is 16.3. The molecule has 0 saturated carbocycles. The minimum absolute atomic E-state index is 0.0471. The van der Waals surface area contributed by atoms with Crippen molar-refractivity contribution in [2.75, 3.05) is 53.5 Å². The average Bonchev–Trinajstić information content (AvgIpc) is 2.85. The van der Waals surface area contributed by atoms with Crippen LogP contribution in [0.25, 0.3) is 0 Å². The zero-order chi connectivity index (χ0) is 24.7. The number of hydrogen-bond acceptors (Lipinski definition) is 7. The molecule has 0 aliphatic carbocycles. The molecule has 1 heterocycles. The molecule has 34 heavy (non-hydrogen) atoms. The minimum Gasteiger partial charge on any atom is -0.508 e. The Balaban J connectivity index is 1.64. The van der Waals surface area contributed by atoms with E-state index in [9.17, 15) is 18.3 Å². The number of methoxy groups -OCH3 is 2. The van der Waals surface area contributed by atoms with Crippen molar-refractivity contribution >= 4 is 15.9 Å². The molecule has 0 unspecified atom stereocenters. The Morgan fingerprint density at radius 1 is 1.06 bits per heavy atom. The summed E-state index contributed by atoms with van der Waals surface area (Å²) >= 11 is 0. The Kier molecular flexibility index (Phi) is 8.76. The van der Waals surface area contributed by atoms with E-state index in [2.05, 4.69) is 0 Å². The Labute approximate surface area is 201 Å². The number of amides is 1. The predicted octanol–water partition coefficient (Wildman–Crippen LogP) is 2.15. The van der Waals surface area contributed by atoms with Crippen molar-refractivity contribution in [2.45, 2.75) is 24.8 Å². The summed E-state index contributed by atoms with van der Waals surface area (Å²) < 4.78 is 38.3. The number of carbonyl (C=O) groups is 1. The van der Waals surface area contributed by atoms with Gasteiger partial charge in [0.1, 0.15) is 22.1 Å². The van der Waals surface area contributed by atoms with Crippen LogP contribution in [0, 0.1) is 0 Å². The second kappa shape index (κ2) is 11.5. The van der Waals surface area contributed by atoms with E-state index in [0.29, 0.717) is 31.9 Å². The predicted molar refractivity (Wildman–Crippen MR) is 129 cm³/mol. The van der Waals surface area contributed by atoms with E-state index in [4.69, 9.17) is 9.47 Å². The van der Waals surface area contributed by atoms with E-state index in [1.165, 1.54) is 24.6 Å². The fraction of sp³-hybridized carbons (Fsp3) is 0.458. The van der Waals surface area contributed by atoms with E-state index < -0.39 is 10.0 Å². The van der Waals surface area contributed by atoms with Crippen molar-refractivity contribution in [2.24, 2.45) is 0 Å². The van der Waals surface area contributed by atoms with E-state index in [1.807, 2.05) is 24.0 Å². The Morgan fingerprint density at radius 3 is 2.38 bits per heavy atom. The average molecular weight is 492 g/mol. The molecule has 2 aromatic carbocycles. The number of benzene rings is 2. The van der Waals surface area contributed by atoms with E-state index in [-0.39, 0.29) is 41.9 Å². The normalized spacial score (nSPS) is 14.9. The van der Waals surface area contributed by atoms with Crippen molar-refractivity contribution in [3.05, 3.63) is 48.0 Å². The van der Waals surface area contributed by atoms with E-state index in [0.717, 1.165) is 12.0 Å². The Morgan fingerprint density at radius 2 is 1.76 bits per heavy atom. The monoisotopic (exact) mass is 491 g/mol. The zero-order valence-electron chi connectivity index (χ0n) is 19.9. The van der Waals surface area contributed by atoms with Gasteiger partial charge in [0.15, 0.2) is 0 Å². The summed E-state index contributed by atoms with van der Waals surface area (Å²) in [6, 6.07) is 11.8. The van der Waals surface area contributed by atoms with Crippen LogP contribution in [0.4, 0.5) is 0 Å². The topological polar surface area (TPSA) is 99.6 Å². The molecular weight excluding hydrogens is 458 g/mol. The molecule has 10 heteroatoms. The van der Waals surface area contributed by atoms with Gasteiger partial charge in [0, 0.05) is 44.4 Å². The molecule has 0 atom stereocenters. The van der Waals surface area contributed by atoms with Gasteiger partial charge in [0.05, 0.1) is 20.8 Å². The number of aromatic hydroxyl groups is 1. The number of hydrogen-bond donors (Lipinski definition) is 1. The van der Waals surface area contributed by atoms with Crippen LogP contribution in [-0.2, 0) is 21.4 Å². The number of sulfonamides is 1. The Bertz CT molecular complexity index is 1080. The van der Waals surface area contributed by atoms with Crippen LogP contribution < -0.4 is 9.47 Å². The molecule has 1 amide bonds. The fourth-order valence-corrected chi connectivity index (χ4v) is 5.60. The molecule has 186 valence electrons. The fourth-order valence-electron chi connectivity index (χ4n) is 4.01. The summed E-state index contributed by atoms with van der Waals surface area (Å²) in [5.74, 6) is 0.829. The lowest BCUT2D eigenvalue weighted by Crippen LogP contribution is -2.52. The van der Waals surface area contributed by atoms with E-state index in [1.54, 1.807) is 29.2 Å². The molecule has 3 rings (SSSR count). The van der Waals surface area contributed by atoms with Gasteiger partial charge >= 0.3 is 0 Å². The first-order valence-electron chi connectivity index (χ1n) is 11.3. The van der Waals surface area contributed by atoms with Gasteiger partial charge in [0.25, 0.3) is 0 Å². The number of piperazine rings is 1. The molecule has 9 nitrogen and oxygen atoms in total. The highest BCUT2D eigenvalue weighted by molar-refractivity contribution is 7.89. The second-order valence-electron chi connectivity index (χ2n) is 8.14. The number of rotatable bonds is 10. The van der Waals surface area contributed by atoms with Crippen molar-refractivity contribution in [3.8, 4) is 17.2 Å². The lowest BCUT2D eigenvalue weighted by molar-refractivity contribution is -0.133. The van der Waals surface area contributed by atoms with E-state index >= 15 is 0 Å². The summed E-state index contributed by atoms with van der Waals surface area (Å²) in [5.41, 5.74) is 0.770.